The van der Waals surface area contributed by atoms with Gasteiger partial charge >= 0.3 is 0 Å². The van der Waals surface area contributed by atoms with Crippen LogP contribution < -0.4 is 10.1 Å². The SMILES string of the molecule is COc1ccc(F)c2[nH]c(C(=O)Nc3ccc(CCN4CCSCC4)cc3)cc12. The van der Waals surface area contributed by atoms with Crippen LogP contribution >= 0.6 is 11.8 Å². The average Bonchev–Trinajstić information content (AvgIpc) is 3.21. The van der Waals surface area contributed by atoms with Gasteiger partial charge in [-0.15, -0.1) is 0 Å². The van der Waals surface area contributed by atoms with Crippen molar-refractivity contribution in [3.63, 3.8) is 0 Å². The lowest BCUT2D eigenvalue weighted by molar-refractivity contribution is 0.102. The molecule has 2 aromatic carbocycles. The number of nitrogens with zero attached hydrogens (tertiary/aromatic N) is 1. The Morgan fingerprint density at radius 2 is 1.97 bits per heavy atom. The standard InChI is InChI=1S/C22H24FN3O2S/c1-28-20-7-6-18(23)21-17(20)14-19(25-21)22(27)24-16-4-2-15(3-5-16)8-9-26-10-12-29-13-11-26/h2-7,14,25H,8-13H2,1H3,(H,24,27). The van der Waals surface area contributed by atoms with Gasteiger partial charge in [-0.2, -0.15) is 11.8 Å². The molecule has 4 rings (SSSR count). The first kappa shape index (κ1) is 19.8. The molecule has 0 atom stereocenters. The summed E-state index contributed by atoms with van der Waals surface area (Å²) in [5, 5.41) is 3.41. The molecule has 152 valence electrons. The fourth-order valence-electron chi connectivity index (χ4n) is 3.52. The van der Waals surface area contributed by atoms with Gasteiger partial charge in [-0.25, -0.2) is 4.39 Å². The summed E-state index contributed by atoms with van der Waals surface area (Å²) in [6.07, 6.45) is 1.000. The van der Waals surface area contributed by atoms with Crippen molar-refractivity contribution in [1.82, 2.24) is 9.88 Å². The summed E-state index contributed by atoms with van der Waals surface area (Å²) in [6.45, 7) is 3.39. The van der Waals surface area contributed by atoms with Crippen molar-refractivity contribution in [1.29, 1.82) is 0 Å². The molecule has 1 aromatic heterocycles. The number of ether oxygens (including phenoxy) is 1. The van der Waals surface area contributed by atoms with Gasteiger partial charge in [0.1, 0.15) is 17.3 Å². The van der Waals surface area contributed by atoms with Crippen LogP contribution in [0.5, 0.6) is 5.75 Å². The number of halogens is 1. The van der Waals surface area contributed by atoms with Crippen LogP contribution in [0.25, 0.3) is 10.9 Å². The highest BCUT2D eigenvalue weighted by atomic mass is 32.2. The Morgan fingerprint density at radius 3 is 2.69 bits per heavy atom. The van der Waals surface area contributed by atoms with Crippen molar-refractivity contribution in [3.05, 3.63) is 59.5 Å². The maximum Gasteiger partial charge on any atom is 0.272 e. The molecule has 0 unspecified atom stereocenters. The van der Waals surface area contributed by atoms with Crippen LogP contribution in [0.2, 0.25) is 0 Å². The molecule has 5 nitrogen and oxygen atoms in total. The number of carbonyl (C=O) groups is 1. The average molecular weight is 414 g/mol. The molecule has 1 saturated heterocycles. The second kappa shape index (κ2) is 8.88. The number of H-pyrrole nitrogens is 1. The second-order valence-electron chi connectivity index (χ2n) is 7.08. The van der Waals surface area contributed by atoms with Crippen molar-refractivity contribution in [2.24, 2.45) is 0 Å². The van der Waals surface area contributed by atoms with E-state index in [4.69, 9.17) is 4.74 Å². The predicted octanol–water partition coefficient (Wildman–Crippen LogP) is 4.16. The van der Waals surface area contributed by atoms with Gasteiger partial charge in [0.15, 0.2) is 0 Å². The molecule has 7 heteroatoms. The molecule has 1 aliphatic heterocycles. The zero-order valence-corrected chi connectivity index (χ0v) is 17.2. The maximum absolute atomic E-state index is 14.0. The van der Waals surface area contributed by atoms with Crippen molar-refractivity contribution in [2.75, 3.05) is 43.6 Å². The van der Waals surface area contributed by atoms with Gasteiger partial charge in [0.2, 0.25) is 0 Å². The lowest BCUT2D eigenvalue weighted by Gasteiger charge is -2.26. The number of fused-ring (bicyclic) bond motifs is 1. The molecule has 0 aliphatic carbocycles. The Kier molecular flexibility index (Phi) is 6.06. The van der Waals surface area contributed by atoms with E-state index in [0.29, 0.717) is 16.8 Å². The first-order chi connectivity index (χ1) is 14.1. The van der Waals surface area contributed by atoms with Crippen LogP contribution in [0.15, 0.2) is 42.5 Å². The van der Waals surface area contributed by atoms with E-state index in [1.807, 2.05) is 36.0 Å². The van der Waals surface area contributed by atoms with E-state index in [1.54, 1.807) is 12.1 Å². The maximum atomic E-state index is 14.0. The topological polar surface area (TPSA) is 57.4 Å². The fraction of sp³-hybridized carbons (Fsp3) is 0.318. The van der Waals surface area contributed by atoms with Gasteiger partial charge in [0, 0.05) is 42.2 Å². The Hall–Kier alpha value is -2.51. The number of rotatable bonds is 6. The molecule has 0 bridgehead atoms. The molecule has 1 aliphatic rings. The summed E-state index contributed by atoms with van der Waals surface area (Å²) in [7, 11) is 1.52. The van der Waals surface area contributed by atoms with Crippen molar-refractivity contribution in [3.8, 4) is 5.75 Å². The van der Waals surface area contributed by atoms with Crippen molar-refractivity contribution >= 4 is 34.3 Å². The van der Waals surface area contributed by atoms with Crippen molar-refractivity contribution < 1.29 is 13.9 Å². The van der Waals surface area contributed by atoms with Crippen LogP contribution in [0.4, 0.5) is 10.1 Å². The number of thioether (sulfide) groups is 1. The van der Waals surface area contributed by atoms with Crippen LogP contribution in [-0.4, -0.2) is 54.0 Å². The van der Waals surface area contributed by atoms with Crippen molar-refractivity contribution in [2.45, 2.75) is 6.42 Å². The third-order valence-corrected chi connectivity index (χ3v) is 6.14. The Labute approximate surface area is 173 Å². The van der Waals surface area contributed by atoms with Gasteiger partial charge in [0.05, 0.1) is 12.6 Å². The van der Waals surface area contributed by atoms with Gasteiger partial charge in [-0.05, 0) is 42.3 Å². The van der Waals surface area contributed by atoms with E-state index < -0.39 is 5.82 Å². The normalized spacial score (nSPS) is 14.8. The number of hydrogen-bond donors (Lipinski definition) is 2. The molecule has 0 saturated carbocycles. The van der Waals surface area contributed by atoms with Gasteiger partial charge in [-0.3, -0.25) is 4.79 Å². The van der Waals surface area contributed by atoms with E-state index >= 15 is 0 Å². The molecule has 0 radical (unpaired) electrons. The largest absolute Gasteiger partial charge is 0.496 e. The first-order valence-corrected chi connectivity index (χ1v) is 10.8. The molecule has 3 aromatic rings. The Bertz CT molecular complexity index is 997. The Morgan fingerprint density at radius 1 is 1.21 bits per heavy atom. The third kappa shape index (κ3) is 4.57. The summed E-state index contributed by atoms with van der Waals surface area (Å²) >= 11 is 2.02. The van der Waals surface area contributed by atoms with Gasteiger partial charge < -0.3 is 19.9 Å². The quantitative estimate of drug-likeness (QED) is 0.637. The van der Waals surface area contributed by atoms with Crippen LogP contribution in [0, 0.1) is 5.82 Å². The summed E-state index contributed by atoms with van der Waals surface area (Å²) in [4.78, 5) is 17.9. The van der Waals surface area contributed by atoms with E-state index in [9.17, 15) is 9.18 Å². The summed E-state index contributed by atoms with van der Waals surface area (Å²) < 4.78 is 19.3. The number of hydrogen-bond acceptors (Lipinski definition) is 4. The molecule has 2 N–H and O–H groups in total. The van der Waals surface area contributed by atoms with Gasteiger partial charge in [-0.1, -0.05) is 12.1 Å². The number of nitrogens with one attached hydrogen (secondary N) is 2. The number of carbonyl (C=O) groups excluding carboxylic acids is 1. The monoisotopic (exact) mass is 413 g/mol. The number of benzene rings is 2. The summed E-state index contributed by atoms with van der Waals surface area (Å²) in [5.74, 6) is 2.22. The highest BCUT2D eigenvalue weighted by molar-refractivity contribution is 7.99. The minimum absolute atomic E-state index is 0.265. The lowest BCUT2D eigenvalue weighted by Crippen LogP contribution is -2.34. The summed E-state index contributed by atoms with van der Waals surface area (Å²) in [5.41, 5.74) is 2.51. The Balaban J connectivity index is 1.40. The molecular formula is C22H24FN3O2S. The highest BCUT2D eigenvalue weighted by Crippen LogP contribution is 2.28. The molecule has 29 heavy (non-hydrogen) atoms. The van der Waals surface area contributed by atoms with Crippen LogP contribution in [-0.2, 0) is 6.42 Å². The van der Waals surface area contributed by atoms with E-state index in [2.05, 4.69) is 15.2 Å². The number of aromatic amines is 1. The van der Waals surface area contributed by atoms with E-state index in [1.165, 1.54) is 30.2 Å². The predicted molar refractivity (Wildman–Crippen MR) is 117 cm³/mol. The summed E-state index contributed by atoms with van der Waals surface area (Å²) in [6, 6.07) is 12.4. The van der Waals surface area contributed by atoms with E-state index in [0.717, 1.165) is 26.1 Å². The minimum atomic E-state index is -0.420. The number of anilines is 1. The molecule has 1 amide bonds. The number of aromatic nitrogens is 1. The molecule has 1 fully saturated rings. The molecular weight excluding hydrogens is 389 g/mol. The number of methoxy groups -OCH3 is 1. The third-order valence-electron chi connectivity index (χ3n) is 5.20. The second-order valence-corrected chi connectivity index (χ2v) is 8.30. The first-order valence-electron chi connectivity index (χ1n) is 9.69. The van der Waals surface area contributed by atoms with Gasteiger partial charge in [0.25, 0.3) is 5.91 Å². The molecule has 2 heterocycles. The van der Waals surface area contributed by atoms with Crippen LogP contribution in [0.3, 0.4) is 0 Å². The lowest BCUT2D eigenvalue weighted by atomic mass is 10.1. The number of amides is 1. The smallest absolute Gasteiger partial charge is 0.272 e. The van der Waals surface area contributed by atoms with E-state index in [-0.39, 0.29) is 17.1 Å². The zero-order chi connectivity index (χ0) is 20.2. The highest BCUT2D eigenvalue weighted by Gasteiger charge is 2.15. The minimum Gasteiger partial charge on any atom is -0.496 e. The zero-order valence-electron chi connectivity index (χ0n) is 16.3. The fourth-order valence-corrected chi connectivity index (χ4v) is 4.50. The molecule has 0 spiro atoms. The van der Waals surface area contributed by atoms with Crippen LogP contribution in [0.1, 0.15) is 16.1 Å².